The average Bonchev–Trinajstić information content (AvgIpc) is 3.31. The molecule has 3 aromatic rings. The van der Waals surface area contributed by atoms with Crippen LogP contribution in [0.25, 0.3) is 5.65 Å². The van der Waals surface area contributed by atoms with Crippen molar-refractivity contribution in [1.29, 1.82) is 0 Å². The quantitative estimate of drug-likeness (QED) is 0.495. The van der Waals surface area contributed by atoms with Gasteiger partial charge in [-0.25, -0.2) is 19.3 Å². The first-order chi connectivity index (χ1) is 15.6. The minimum Gasteiger partial charge on any atom is -0.434 e. The van der Waals surface area contributed by atoms with E-state index in [0.29, 0.717) is 5.65 Å². The van der Waals surface area contributed by atoms with Crippen molar-refractivity contribution < 1.29 is 27.8 Å². The normalized spacial score (nSPS) is 16.4. The van der Waals surface area contributed by atoms with Gasteiger partial charge in [0.15, 0.2) is 5.65 Å². The maximum atomic E-state index is 14.0. The first kappa shape index (κ1) is 22.6. The Hall–Kier alpha value is -3.64. The summed E-state index contributed by atoms with van der Waals surface area (Å²) in [7, 11) is 0. The number of benzene rings is 1. The maximum Gasteiger partial charge on any atom is 0.387 e. The molecular weight excluding hydrogens is 441 g/mol. The number of nitrogens with one attached hydrogen (secondary N) is 2. The highest BCUT2D eigenvalue weighted by Crippen LogP contribution is 2.34. The molecule has 3 heterocycles. The molecule has 1 unspecified atom stereocenters. The van der Waals surface area contributed by atoms with Crippen molar-refractivity contribution in [2.24, 2.45) is 0 Å². The number of alkyl halides is 2. The molecule has 1 amide bonds. The fourth-order valence-electron chi connectivity index (χ4n) is 3.50. The molecule has 3 N–H and O–H groups in total. The number of aliphatic hydroxyl groups is 1. The number of ether oxygens (including phenoxy) is 1. The number of carbonyl (C=O) groups is 1. The molecule has 0 saturated heterocycles. The van der Waals surface area contributed by atoms with E-state index in [0.717, 1.165) is 18.2 Å². The summed E-state index contributed by atoms with van der Waals surface area (Å²) in [6.07, 6.45) is 5.98. The molecule has 0 spiro atoms. The van der Waals surface area contributed by atoms with Crippen LogP contribution in [0.15, 0.2) is 54.8 Å². The van der Waals surface area contributed by atoms with Crippen molar-refractivity contribution >= 4 is 11.6 Å². The third-order valence-corrected chi connectivity index (χ3v) is 4.74. The number of fused-ring (bicyclic) bond motifs is 1. The highest BCUT2D eigenvalue weighted by atomic mass is 19.3. The van der Waals surface area contributed by atoms with E-state index < -0.39 is 30.0 Å². The van der Waals surface area contributed by atoms with Crippen LogP contribution in [0.1, 0.15) is 35.8 Å². The standard InChI is InChI=1S/C21H21F3N6O3/c1-21(2,32)11-29-10-15(27-19(31)14-9-26-30-7-3-6-25-18(14)30)17(28-29)13-8-12(22)4-5-16(13)33-20(23)24/h3-10,17,20,28,32H,11H2,1-2H3,(H,27,31). The van der Waals surface area contributed by atoms with Gasteiger partial charge in [-0.15, -0.1) is 0 Å². The van der Waals surface area contributed by atoms with Gasteiger partial charge < -0.3 is 20.2 Å². The van der Waals surface area contributed by atoms with E-state index in [2.05, 4.69) is 25.6 Å². The van der Waals surface area contributed by atoms with Gasteiger partial charge in [0.05, 0.1) is 30.1 Å². The molecule has 12 heteroatoms. The Balaban J connectivity index is 1.69. The molecule has 1 atom stereocenters. The molecule has 0 radical (unpaired) electrons. The molecule has 0 bridgehead atoms. The number of hydrogen-bond acceptors (Lipinski definition) is 7. The highest BCUT2D eigenvalue weighted by molar-refractivity contribution is 6.00. The predicted molar refractivity (Wildman–Crippen MR) is 110 cm³/mol. The number of rotatable bonds is 7. The number of aromatic nitrogens is 3. The number of hydrazine groups is 1. The van der Waals surface area contributed by atoms with Gasteiger partial charge in [0.2, 0.25) is 0 Å². The van der Waals surface area contributed by atoms with Crippen LogP contribution in [0.4, 0.5) is 13.2 Å². The molecule has 174 valence electrons. The number of nitrogens with zero attached hydrogens (tertiary/aromatic N) is 4. The summed E-state index contributed by atoms with van der Waals surface area (Å²) in [5.41, 5.74) is 2.61. The van der Waals surface area contributed by atoms with Gasteiger partial charge >= 0.3 is 6.61 Å². The number of β-amino-alcohol motifs (C(OH)–C–C–N with tert-alkyl or cyclic N) is 1. The molecule has 9 nitrogen and oxygen atoms in total. The van der Waals surface area contributed by atoms with E-state index in [1.165, 1.54) is 28.1 Å². The average molecular weight is 462 g/mol. The lowest BCUT2D eigenvalue weighted by molar-refractivity contribution is -0.0508. The van der Waals surface area contributed by atoms with E-state index in [1.54, 1.807) is 26.1 Å². The second kappa shape index (κ2) is 8.71. The lowest BCUT2D eigenvalue weighted by Gasteiger charge is -2.27. The van der Waals surface area contributed by atoms with Crippen LogP contribution < -0.4 is 15.5 Å². The van der Waals surface area contributed by atoms with Crippen molar-refractivity contribution in [1.82, 2.24) is 30.3 Å². The lowest BCUT2D eigenvalue weighted by atomic mass is 10.0. The molecule has 33 heavy (non-hydrogen) atoms. The topological polar surface area (TPSA) is 104 Å². The first-order valence-corrected chi connectivity index (χ1v) is 9.91. The maximum absolute atomic E-state index is 14.0. The van der Waals surface area contributed by atoms with E-state index >= 15 is 0 Å². The van der Waals surface area contributed by atoms with Crippen LogP contribution in [0.5, 0.6) is 5.75 Å². The Labute approximate surface area is 186 Å². The Kier molecular flexibility index (Phi) is 5.95. The highest BCUT2D eigenvalue weighted by Gasteiger charge is 2.33. The number of hydrogen-bond donors (Lipinski definition) is 3. The third-order valence-electron chi connectivity index (χ3n) is 4.74. The fraction of sp³-hybridized carbons (Fsp3) is 0.286. The van der Waals surface area contributed by atoms with Crippen molar-refractivity contribution in [3.8, 4) is 5.75 Å². The van der Waals surface area contributed by atoms with Crippen LogP contribution in [0.3, 0.4) is 0 Å². The van der Waals surface area contributed by atoms with Crippen molar-refractivity contribution in [3.05, 3.63) is 71.7 Å². The zero-order chi connectivity index (χ0) is 23.8. The zero-order valence-electron chi connectivity index (χ0n) is 17.7. The van der Waals surface area contributed by atoms with Gasteiger partial charge in [-0.3, -0.25) is 4.79 Å². The van der Waals surface area contributed by atoms with Crippen molar-refractivity contribution in [3.63, 3.8) is 0 Å². The van der Waals surface area contributed by atoms with Gasteiger partial charge in [0.25, 0.3) is 5.91 Å². The van der Waals surface area contributed by atoms with Gasteiger partial charge in [-0.2, -0.15) is 13.9 Å². The summed E-state index contributed by atoms with van der Waals surface area (Å²) in [5, 5.41) is 18.5. The smallest absolute Gasteiger partial charge is 0.387 e. The molecule has 1 aromatic carbocycles. The molecular formula is C21H21F3N6O3. The van der Waals surface area contributed by atoms with Gasteiger partial charge in [0, 0.05) is 24.2 Å². The van der Waals surface area contributed by atoms with Crippen molar-refractivity contribution in [2.45, 2.75) is 32.1 Å². The fourth-order valence-corrected chi connectivity index (χ4v) is 3.50. The van der Waals surface area contributed by atoms with Crippen LogP contribution in [0.2, 0.25) is 0 Å². The van der Waals surface area contributed by atoms with Gasteiger partial charge in [0.1, 0.15) is 17.1 Å². The Bertz CT molecular complexity index is 1210. The zero-order valence-corrected chi connectivity index (χ0v) is 17.7. The summed E-state index contributed by atoms with van der Waals surface area (Å²) >= 11 is 0. The minimum atomic E-state index is -3.13. The summed E-state index contributed by atoms with van der Waals surface area (Å²) in [6, 6.07) is 3.84. The Morgan fingerprint density at radius 2 is 2.18 bits per heavy atom. The lowest BCUT2D eigenvalue weighted by Crippen LogP contribution is -2.42. The van der Waals surface area contributed by atoms with Gasteiger partial charge in [-0.05, 0) is 38.1 Å². The molecule has 1 aliphatic heterocycles. The molecule has 4 rings (SSSR count). The molecule has 1 aliphatic rings. The first-order valence-electron chi connectivity index (χ1n) is 9.91. The van der Waals surface area contributed by atoms with Crippen LogP contribution in [0, 0.1) is 5.82 Å². The SMILES string of the molecule is CC(C)(O)CN1C=C(NC(=O)c2cnn3cccnc23)C(c2cc(F)ccc2OC(F)F)N1. The Morgan fingerprint density at radius 1 is 1.39 bits per heavy atom. The second-order valence-corrected chi connectivity index (χ2v) is 8.05. The summed E-state index contributed by atoms with van der Waals surface area (Å²) in [6.45, 7) is 0.107. The third kappa shape index (κ3) is 5.07. The summed E-state index contributed by atoms with van der Waals surface area (Å²) < 4.78 is 45.9. The summed E-state index contributed by atoms with van der Waals surface area (Å²) in [4.78, 5) is 17.2. The largest absolute Gasteiger partial charge is 0.434 e. The van der Waals surface area contributed by atoms with Crippen LogP contribution in [-0.2, 0) is 0 Å². The number of halogens is 3. The predicted octanol–water partition coefficient (Wildman–Crippen LogP) is 2.37. The van der Waals surface area contributed by atoms with Gasteiger partial charge in [-0.1, -0.05) is 0 Å². The second-order valence-electron chi connectivity index (χ2n) is 8.05. The molecule has 2 aromatic heterocycles. The van der Waals surface area contributed by atoms with E-state index in [4.69, 9.17) is 0 Å². The van der Waals surface area contributed by atoms with Crippen LogP contribution in [-0.4, -0.2) is 49.4 Å². The van der Waals surface area contributed by atoms with Crippen molar-refractivity contribution in [2.75, 3.05) is 6.54 Å². The minimum absolute atomic E-state index is 0.0399. The van der Waals surface area contributed by atoms with E-state index in [1.807, 2.05) is 0 Å². The Morgan fingerprint density at radius 3 is 2.91 bits per heavy atom. The molecule has 0 aliphatic carbocycles. The molecule has 0 fully saturated rings. The summed E-state index contributed by atoms with van der Waals surface area (Å²) in [5.74, 6) is -1.49. The number of amides is 1. The van der Waals surface area contributed by atoms with E-state index in [9.17, 15) is 23.1 Å². The van der Waals surface area contributed by atoms with Crippen LogP contribution >= 0.6 is 0 Å². The number of carbonyl (C=O) groups excluding carboxylic acids is 1. The monoisotopic (exact) mass is 462 g/mol. The van der Waals surface area contributed by atoms with E-state index in [-0.39, 0.29) is 29.1 Å². The molecule has 0 saturated carbocycles.